The summed E-state index contributed by atoms with van der Waals surface area (Å²) in [6.45, 7) is 1.98. The van der Waals surface area contributed by atoms with Crippen molar-refractivity contribution in [2.24, 2.45) is 0 Å². The van der Waals surface area contributed by atoms with E-state index in [1.54, 1.807) is 12.3 Å². The van der Waals surface area contributed by atoms with Gasteiger partial charge in [0.25, 0.3) is 0 Å². The highest BCUT2D eigenvalue weighted by molar-refractivity contribution is 5.95. The van der Waals surface area contributed by atoms with Gasteiger partial charge in [-0.15, -0.1) is 0 Å². The molecule has 0 unspecified atom stereocenters. The predicted molar refractivity (Wildman–Crippen MR) is 126 cm³/mol. The number of β-lactam (4-membered cyclic amide) rings is 1. The molecule has 1 aliphatic heterocycles. The molecule has 176 valence electrons. The van der Waals surface area contributed by atoms with Crippen molar-refractivity contribution in [2.45, 2.75) is 44.9 Å². The van der Waals surface area contributed by atoms with Gasteiger partial charge >= 0.3 is 5.97 Å². The van der Waals surface area contributed by atoms with E-state index in [0.717, 1.165) is 22.5 Å². The average Bonchev–Trinajstić information content (AvgIpc) is 3.36. The van der Waals surface area contributed by atoms with E-state index in [2.05, 4.69) is 5.32 Å². The van der Waals surface area contributed by atoms with Gasteiger partial charge < -0.3 is 19.4 Å². The summed E-state index contributed by atoms with van der Waals surface area (Å²) in [6.07, 6.45) is 2.93. The van der Waals surface area contributed by atoms with Crippen LogP contribution in [0.5, 0.6) is 0 Å². The van der Waals surface area contributed by atoms with Crippen molar-refractivity contribution in [3.63, 3.8) is 0 Å². The molecule has 2 atom stereocenters. The number of esters is 1. The molecule has 0 bridgehead atoms. The second kappa shape index (κ2) is 10.8. The van der Waals surface area contributed by atoms with Crippen molar-refractivity contribution in [3.8, 4) is 0 Å². The van der Waals surface area contributed by atoms with E-state index in [1.165, 1.54) is 4.90 Å². The first-order valence-corrected chi connectivity index (χ1v) is 11.4. The number of ether oxygens (including phenoxy) is 1. The molecule has 2 amide bonds. The molecule has 7 nitrogen and oxygen atoms in total. The summed E-state index contributed by atoms with van der Waals surface area (Å²) in [5.41, 5.74) is 2.88. The summed E-state index contributed by atoms with van der Waals surface area (Å²) >= 11 is 0. The van der Waals surface area contributed by atoms with Crippen LogP contribution < -0.4 is 5.32 Å². The zero-order chi connectivity index (χ0) is 23.9. The zero-order valence-corrected chi connectivity index (χ0v) is 19.1. The van der Waals surface area contributed by atoms with Crippen molar-refractivity contribution < 1.29 is 23.5 Å². The van der Waals surface area contributed by atoms with Crippen LogP contribution in [0, 0.1) is 6.92 Å². The maximum Gasteiger partial charge on any atom is 0.325 e. The third kappa shape index (κ3) is 5.92. The van der Waals surface area contributed by atoms with Gasteiger partial charge in [0.2, 0.25) is 11.8 Å². The van der Waals surface area contributed by atoms with Gasteiger partial charge in [-0.1, -0.05) is 60.2 Å². The van der Waals surface area contributed by atoms with E-state index in [1.807, 2.05) is 67.6 Å². The third-order valence-electron chi connectivity index (χ3n) is 5.94. The van der Waals surface area contributed by atoms with Crippen molar-refractivity contribution in [3.05, 3.63) is 95.4 Å². The molecule has 7 heteroatoms. The molecular weight excluding hydrogens is 432 g/mol. The second-order valence-corrected chi connectivity index (χ2v) is 8.51. The number of nitrogens with zero attached hydrogens (tertiary/aromatic N) is 1. The van der Waals surface area contributed by atoms with E-state index in [9.17, 15) is 14.4 Å². The number of aryl methyl sites for hydroxylation is 2. The van der Waals surface area contributed by atoms with Crippen LogP contribution in [0.15, 0.2) is 77.4 Å². The lowest BCUT2D eigenvalue weighted by molar-refractivity contribution is -0.163. The van der Waals surface area contributed by atoms with Crippen molar-refractivity contribution >= 4 is 17.8 Å². The Kier molecular flexibility index (Phi) is 7.42. The minimum absolute atomic E-state index is 0.148. The van der Waals surface area contributed by atoms with Crippen LogP contribution >= 0.6 is 0 Å². The van der Waals surface area contributed by atoms with Crippen molar-refractivity contribution in [2.75, 3.05) is 6.54 Å². The second-order valence-electron chi connectivity index (χ2n) is 8.51. The quantitative estimate of drug-likeness (QED) is 0.371. The number of likely N-dealkylation sites (tertiary alicyclic amines) is 1. The van der Waals surface area contributed by atoms with Gasteiger partial charge in [0.1, 0.15) is 25.0 Å². The Morgan fingerprint density at radius 3 is 2.47 bits per heavy atom. The first-order chi connectivity index (χ1) is 16.5. The standard InChI is InChI=1S/C27H28N2O5/c1-19-9-11-21(12-10-19)18-34-25(31)17-29-23(14-13-22-8-5-15-33-22)26(27(29)32)28-24(30)16-20-6-3-2-4-7-20/h2-12,15,23,26H,13-14,16-18H2,1H3,(H,28,30)/t23-,26+/m1/s1. The van der Waals surface area contributed by atoms with Gasteiger partial charge in [-0.25, -0.2) is 0 Å². The maximum absolute atomic E-state index is 12.8. The Morgan fingerprint density at radius 1 is 1.00 bits per heavy atom. The Morgan fingerprint density at radius 2 is 1.76 bits per heavy atom. The van der Waals surface area contributed by atoms with Gasteiger partial charge in [0.15, 0.2) is 0 Å². The summed E-state index contributed by atoms with van der Waals surface area (Å²) in [4.78, 5) is 39.3. The highest BCUT2D eigenvalue weighted by atomic mass is 16.5. The largest absolute Gasteiger partial charge is 0.469 e. The third-order valence-corrected chi connectivity index (χ3v) is 5.94. The lowest BCUT2D eigenvalue weighted by Gasteiger charge is -2.46. The number of rotatable bonds is 10. The molecule has 1 aliphatic rings. The lowest BCUT2D eigenvalue weighted by atomic mass is 9.90. The van der Waals surface area contributed by atoms with E-state index < -0.39 is 12.0 Å². The molecule has 0 spiro atoms. The first-order valence-electron chi connectivity index (χ1n) is 11.4. The number of carbonyl (C=O) groups excluding carboxylic acids is 3. The van der Waals surface area contributed by atoms with Crippen LogP contribution in [0.4, 0.5) is 0 Å². The summed E-state index contributed by atoms with van der Waals surface area (Å²) in [7, 11) is 0. The molecule has 1 aromatic heterocycles. The molecule has 3 aromatic rings. The van der Waals surface area contributed by atoms with Gasteiger partial charge in [-0.2, -0.15) is 0 Å². The van der Waals surface area contributed by atoms with E-state index in [4.69, 9.17) is 9.15 Å². The first kappa shape index (κ1) is 23.3. The molecule has 2 heterocycles. The molecule has 34 heavy (non-hydrogen) atoms. The number of furan rings is 1. The number of amides is 2. The number of benzene rings is 2. The fourth-order valence-electron chi connectivity index (χ4n) is 4.06. The molecule has 1 fully saturated rings. The fraction of sp³-hybridized carbons (Fsp3) is 0.296. The predicted octanol–water partition coefficient (Wildman–Crippen LogP) is 3.20. The normalized spacial score (nSPS) is 17.2. The summed E-state index contributed by atoms with van der Waals surface area (Å²) < 4.78 is 10.8. The average molecular weight is 461 g/mol. The summed E-state index contributed by atoms with van der Waals surface area (Å²) in [5, 5.41) is 2.85. The Labute approximate surface area is 198 Å². The van der Waals surface area contributed by atoms with Gasteiger partial charge in [0.05, 0.1) is 18.7 Å². The smallest absolute Gasteiger partial charge is 0.325 e. The minimum Gasteiger partial charge on any atom is -0.469 e. The maximum atomic E-state index is 12.8. The zero-order valence-electron chi connectivity index (χ0n) is 19.1. The molecule has 1 saturated heterocycles. The van der Waals surface area contributed by atoms with Crippen LogP contribution in [0.3, 0.4) is 0 Å². The monoisotopic (exact) mass is 460 g/mol. The van der Waals surface area contributed by atoms with Crippen LogP contribution in [0.2, 0.25) is 0 Å². The number of hydrogen-bond donors (Lipinski definition) is 1. The van der Waals surface area contributed by atoms with Crippen molar-refractivity contribution in [1.29, 1.82) is 0 Å². The molecule has 0 saturated carbocycles. The Hall–Kier alpha value is -3.87. The lowest BCUT2D eigenvalue weighted by Crippen LogP contribution is -2.71. The molecule has 0 aliphatic carbocycles. The van der Waals surface area contributed by atoms with Crippen LogP contribution in [-0.2, 0) is 38.6 Å². The summed E-state index contributed by atoms with van der Waals surface area (Å²) in [5.74, 6) is -0.200. The van der Waals surface area contributed by atoms with E-state index in [0.29, 0.717) is 12.8 Å². The number of hydrogen-bond acceptors (Lipinski definition) is 5. The molecule has 1 N–H and O–H groups in total. The molecule has 0 radical (unpaired) electrons. The summed E-state index contributed by atoms with van der Waals surface area (Å²) in [6, 6.07) is 19.8. The van der Waals surface area contributed by atoms with Gasteiger partial charge in [0, 0.05) is 6.42 Å². The fourth-order valence-corrected chi connectivity index (χ4v) is 4.06. The van der Waals surface area contributed by atoms with Crippen LogP contribution in [-0.4, -0.2) is 41.3 Å². The number of carbonyl (C=O) groups is 3. The Bertz CT molecular complexity index is 1110. The molecule has 4 rings (SSSR count). The van der Waals surface area contributed by atoms with Crippen LogP contribution in [0.1, 0.15) is 28.9 Å². The highest BCUT2D eigenvalue weighted by Crippen LogP contribution is 2.25. The SMILES string of the molecule is Cc1ccc(COC(=O)CN2C(=O)[C@@H](NC(=O)Cc3ccccc3)[C@H]2CCc2ccco2)cc1. The van der Waals surface area contributed by atoms with Gasteiger partial charge in [-0.3, -0.25) is 14.4 Å². The van der Waals surface area contributed by atoms with E-state index >= 15 is 0 Å². The molecule has 2 aromatic carbocycles. The van der Waals surface area contributed by atoms with Crippen molar-refractivity contribution in [1.82, 2.24) is 10.2 Å². The molecular formula is C27H28N2O5. The number of nitrogens with one attached hydrogen (secondary N) is 1. The van der Waals surface area contributed by atoms with Crippen LogP contribution in [0.25, 0.3) is 0 Å². The highest BCUT2D eigenvalue weighted by Gasteiger charge is 2.48. The Balaban J connectivity index is 1.35. The topological polar surface area (TPSA) is 88.9 Å². The van der Waals surface area contributed by atoms with Gasteiger partial charge in [-0.05, 0) is 36.6 Å². The minimum atomic E-state index is -0.670. The van der Waals surface area contributed by atoms with E-state index in [-0.39, 0.29) is 37.4 Å².